The fourth-order valence-corrected chi connectivity index (χ4v) is 5.46. The Balaban J connectivity index is 1.59. The van der Waals surface area contributed by atoms with Gasteiger partial charge in [0.2, 0.25) is 15.9 Å². The normalized spacial score (nSPS) is 18.0. The quantitative estimate of drug-likeness (QED) is 0.628. The molecule has 164 valence electrons. The maximum Gasteiger partial charge on any atom is 0.231 e. The molecule has 1 aliphatic rings. The second-order valence-electron chi connectivity index (χ2n) is 8.13. The van der Waals surface area contributed by atoms with Crippen LogP contribution in [0.5, 0.6) is 0 Å². The molecule has 3 aromatic rings. The Morgan fingerprint density at radius 1 is 1.10 bits per heavy atom. The molecule has 1 fully saturated rings. The highest BCUT2D eigenvalue weighted by Crippen LogP contribution is 2.37. The molecule has 0 radical (unpaired) electrons. The third-order valence-corrected chi connectivity index (χ3v) is 8.20. The Bertz CT molecular complexity index is 1130. The number of fused-ring (bicyclic) bond motifs is 1. The number of piperidine rings is 1. The lowest BCUT2D eigenvalue weighted by molar-refractivity contribution is -0.129. The number of carbonyl (C=O) groups is 1. The van der Waals surface area contributed by atoms with Gasteiger partial charge in [-0.3, -0.25) is 4.79 Å². The van der Waals surface area contributed by atoms with Crippen molar-refractivity contribution in [2.75, 3.05) is 18.8 Å². The number of carbonyl (C=O) groups excluding carboxylic acids is 1. The van der Waals surface area contributed by atoms with Crippen molar-refractivity contribution in [3.8, 4) is 0 Å². The zero-order valence-corrected chi connectivity index (χ0v) is 18.7. The molecular weight excluding hydrogens is 412 g/mol. The summed E-state index contributed by atoms with van der Waals surface area (Å²) in [6.07, 6.45) is 0.879. The number of nitrogens with zero attached hydrogens (tertiary/aromatic N) is 1. The molecule has 1 amide bonds. The highest BCUT2D eigenvalue weighted by atomic mass is 32.2. The molecule has 2 aromatic carbocycles. The molecule has 1 aromatic heterocycles. The molecule has 0 saturated carbocycles. The molecule has 0 spiro atoms. The van der Waals surface area contributed by atoms with Crippen LogP contribution >= 0.6 is 0 Å². The van der Waals surface area contributed by atoms with Crippen LogP contribution in [0.4, 0.5) is 0 Å². The smallest absolute Gasteiger partial charge is 0.231 e. The third-order valence-electron chi connectivity index (χ3n) is 6.31. The largest absolute Gasteiger partial charge is 0.459 e. The number of nitrogens with one attached hydrogen (secondary N) is 1. The van der Waals surface area contributed by atoms with Crippen molar-refractivity contribution in [3.05, 3.63) is 72.0 Å². The zero-order valence-electron chi connectivity index (χ0n) is 17.9. The van der Waals surface area contributed by atoms with Gasteiger partial charge in [0, 0.05) is 18.5 Å². The number of para-hydroxylation sites is 1. The Kier molecular flexibility index (Phi) is 5.90. The van der Waals surface area contributed by atoms with Gasteiger partial charge in [-0.05, 0) is 44.4 Å². The van der Waals surface area contributed by atoms with E-state index >= 15 is 0 Å². The van der Waals surface area contributed by atoms with E-state index < -0.39 is 15.4 Å². The van der Waals surface area contributed by atoms with Crippen molar-refractivity contribution >= 4 is 26.9 Å². The number of hydrogen-bond donors (Lipinski definition) is 1. The van der Waals surface area contributed by atoms with Gasteiger partial charge in [-0.2, -0.15) is 0 Å². The first-order chi connectivity index (χ1) is 14.9. The van der Waals surface area contributed by atoms with Crippen LogP contribution in [0.1, 0.15) is 44.1 Å². The lowest BCUT2D eigenvalue weighted by atomic mass is 9.72. The Labute approximate surface area is 183 Å². The summed E-state index contributed by atoms with van der Waals surface area (Å²) in [6, 6.07) is 19.1. The van der Waals surface area contributed by atoms with Crippen LogP contribution in [0, 0.1) is 0 Å². The Morgan fingerprint density at radius 2 is 1.74 bits per heavy atom. The zero-order chi connectivity index (χ0) is 22.1. The summed E-state index contributed by atoms with van der Waals surface area (Å²) in [6.45, 7) is 4.22. The minimum atomic E-state index is -3.27. The van der Waals surface area contributed by atoms with E-state index in [1.165, 1.54) is 4.31 Å². The first-order valence-electron chi connectivity index (χ1n) is 10.7. The van der Waals surface area contributed by atoms with Gasteiger partial charge in [0.25, 0.3) is 0 Å². The van der Waals surface area contributed by atoms with Gasteiger partial charge in [0.15, 0.2) is 0 Å². The molecule has 1 N–H and O–H groups in total. The predicted molar refractivity (Wildman–Crippen MR) is 121 cm³/mol. The summed E-state index contributed by atoms with van der Waals surface area (Å²) in [5, 5.41) is 4.13. The van der Waals surface area contributed by atoms with Crippen LogP contribution in [0.2, 0.25) is 0 Å². The lowest BCUT2D eigenvalue weighted by Crippen LogP contribution is -2.53. The average molecular weight is 441 g/mol. The average Bonchev–Trinajstić information content (AvgIpc) is 3.24. The molecule has 31 heavy (non-hydrogen) atoms. The van der Waals surface area contributed by atoms with Crippen LogP contribution < -0.4 is 5.32 Å². The second-order valence-corrected chi connectivity index (χ2v) is 10.4. The molecule has 6 nitrogen and oxygen atoms in total. The van der Waals surface area contributed by atoms with Crippen molar-refractivity contribution in [1.82, 2.24) is 9.62 Å². The molecule has 4 rings (SSSR count). The van der Waals surface area contributed by atoms with Crippen LogP contribution in [-0.4, -0.2) is 37.5 Å². The van der Waals surface area contributed by atoms with Gasteiger partial charge in [0.05, 0.1) is 17.2 Å². The molecule has 0 aliphatic carbocycles. The predicted octanol–water partition coefficient (Wildman–Crippen LogP) is 3.99. The van der Waals surface area contributed by atoms with E-state index in [1.807, 2.05) is 67.6 Å². The highest BCUT2D eigenvalue weighted by Gasteiger charge is 2.45. The summed E-state index contributed by atoms with van der Waals surface area (Å²) in [7, 11) is -3.27. The summed E-state index contributed by atoms with van der Waals surface area (Å²) in [4.78, 5) is 13.6. The van der Waals surface area contributed by atoms with Crippen molar-refractivity contribution in [2.24, 2.45) is 0 Å². The maximum atomic E-state index is 13.6. The minimum absolute atomic E-state index is 0.0701. The van der Waals surface area contributed by atoms with E-state index in [2.05, 4.69) is 5.32 Å². The summed E-state index contributed by atoms with van der Waals surface area (Å²) >= 11 is 0. The van der Waals surface area contributed by atoms with Gasteiger partial charge in [-0.1, -0.05) is 48.5 Å². The number of furan rings is 1. The van der Waals surface area contributed by atoms with Crippen molar-refractivity contribution in [1.29, 1.82) is 0 Å². The van der Waals surface area contributed by atoms with Crippen molar-refractivity contribution < 1.29 is 17.6 Å². The third kappa shape index (κ3) is 4.12. The summed E-state index contributed by atoms with van der Waals surface area (Å²) in [5.74, 6) is 0.671. The minimum Gasteiger partial charge on any atom is -0.459 e. The number of amides is 1. The second kappa shape index (κ2) is 8.48. The first-order valence-corrected chi connectivity index (χ1v) is 12.3. The van der Waals surface area contributed by atoms with Crippen molar-refractivity contribution in [3.63, 3.8) is 0 Å². The SMILES string of the molecule is CCS(=O)(=O)N1CCC(C(=O)NC(C)c2cc3ccccc3o2)(c2ccccc2)CC1. The van der Waals surface area contributed by atoms with Gasteiger partial charge < -0.3 is 9.73 Å². The molecular formula is C24H28N2O4S. The van der Waals surface area contributed by atoms with Crippen LogP contribution in [0.15, 0.2) is 65.1 Å². The maximum absolute atomic E-state index is 13.6. The molecule has 1 aliphatic heterocycles. The van der Waals surface area contributed by atoms with Crippen molar-refractivity contribution in [2.45, 2.75) is 38.1 Å². The fourth-order valence-electron chi connectivity index (χ4n) is 4.35. The molecule has 7 heteroatoms. The molecule has 2 heterocycles. The van der Waals surface area contributed by atoms with E-state index in [0.717, 1.165) is 16.5 Å². The number of rotatable bonds is 6. The summed E-state index contributed by atoms with van der Waals surface area (Å²) < 4.78 is 32.1. The number of benzene rings is 2. The lowest BCUT2D eigenvalue weighted by Gasteiger charge is -2.40. The molecule has 1 atom stereocenters. The van der Waals surface area contributed by atoms with Crippen LogP contribution in [0.25, 0.3) is 11.0 Å². The van der Waals surface area contributed by atoms with Gasteiger partial charge in [0.1, 0.15) is 11.3 Å². The Hall–Kier alpha value is -2.64. The molecule has 1 unspecified atom stereocenters. The molecule has 0 bridgehead atoms. The standard InChI is InChI=1S/C24H28N2O4S/c1-3-31(28,29)26-15-13-24(14-16-26,20-10-5-4-6-11-20)23(27)25-18(2)22-17-19-9-7-8-12-21(19)30-22/h4-12,17-18H,3,13-16H2,1-2H3,(H,25,27). The fraction of sp³-hybridized carbons (Fsp3) is 0.375. The topological polar surface area (TPSA) is 79.6 Å². The van der Waals surface area contributed by atoms with Gasteiger partial charge >= 0.3 is 0 Å². The van der Waals surface area contributed by atoms with Crippen LogP contribution in [0.3, 0.4) is 0 Å². The molecule has 1 saturated heterocycles. The van der Waals surface area contributed by atoms with E-state index in [-0.39, 0.29) is 17.7 Å². The van der Waals surface area contributed by atoms with E-state index in [9.17, 15) is 13.2 Å². The van der Waals surface area contributed by atoms with Crippen LogP contribution in [-0.2, 0) is 20.2 Å². The highest BCUT2D eigenvalue weighted by molar-refractivity contribution is 7.89. The van der Waals surface area contributed by atoms with Gasteiger partial charge in [-0.25, -0.2) is 12.7 Å². The monoisotopic (exact) mass is 440 g/mol. The number of hydrogen-bond acceptors (Lipinski definition) is 4. The van der Waals surface area contributed by atoms with E-state index in [0.29, 0.717) is 31.7 Å². The Morgan fingerprint density at radius 3 is 2.39 bits per heavy atom. The first kappa shape index (κ1) is 21.6. The van der Waals surface area contributed by atoms with Gasteiger partial charge in [-0.15, -0.1) is 0 Å². The van der Waals surface area contributed by atoms with E-state index in [1.54, 1.807) is 6.92 Å². The summed E-state index contributed by atoms with van der Waals surface area (Å²) in [5.41, 5.74) is 0.925. The van der Waals surface area contributed by atoms with E-state index in [4.69, 9.17) is 4.42 Å². The number of sulfonamides is 1.